The number of carbonyl (C=O) groups excluding carboxylic acids is 1. The Morgan fingerprint density at radius 3 is 1.83 bits per heavy atom. The van der Waals surface area contributed by atoms with Crippen LogP contribution in [0, 0.1) is 11.6 Å². The van der Waals surface area contributed by atoms with Gasteiger partial charge in [0.05, 0.1) is 6.04 Å². The fourth-order valence-electron chi connectivity index (χ4n) is 3.71. The zero-order chi connectivity index (χ0) is 21.1. The zero-order valence-electron chi connectivity index (χ0n) is 16.1. The first-order valence-corrected chi connectivity index (χ1v) is 9.61. The van der Waals surface area contributed by atoms with Crippen molar-refractivity contribution in [3.05, 3.63) is 99.5 Å². The van der Waals surface area contributed by atoms with E-state index >= 15 is 0 Å². The minimum absolute atomic E-state index is 0.186. The van der Waals surface area contributed by atoms with E-state index < -0.39 is 0 Å². The van der Waals surface area contributed by atoms with E-state index in [1.807, 2.05) is 0 Å². The Morgan fingerprint density at radius 2 is 1.37 bits per heavy atom. The maximum absolute atomic E-state index is 13.4. The Hall–Kier alpha value is -3.39. The van der Waals surface area contributed by atoms with E-state index in [2.05, 4.69) is 15.1 Å². The summed E-state index contributed by atoms with van der Waals surface area (Å²) in [5, 5.41) is 6.08. The summed E-state index contributed by atoms with van der Waals surface area (Å²) in [6.45, 7) is 2.10. The molecule has 1 amide bonds. The highest BCUT2D eigenvalue weighted by Crippen LogP contribution is 2.30. The van der Waals surface area contributed by atoms with Crippen LogP contribution >= 0.6 is 0 Å². The van der Waals surface area contributed by atoms with Crippen LogP contribution in [-0.4, -0.2) is 52.1 Å². The van der Waals surface area contributed by atoms with Crippen molar-refractivity contribution < 1.29 is 13.6 Å². The Morgan fingerprint density at radius 1 is 0.833 bits per heavy atom. The van der Waals surface area contributed by atoms with E-state index in [1.54, 1.807) is 29.2 Å². The highest BCUT2D eigenvalue weighted by Gasteiger charge is 2.29. The molecule has 0 saturated carbocycles. The normalized spacial score (nSPS) is 14.8. The van der Waals surface area contributed by atoms with Crippen molar-refractivity contribution in [2.24, 2.45) is 0 Å². The van der Waals surface area contributed by atoms with Gasteiger partial charge in [-0.05, 0) is 41.5 Å². The van der Waals surface area contributed by atoms with E-state index in [4.69, 9.17) is 0 Å². The van der Waals surface area contributed by atoms with Gasteiger partial charge in [0, 0.05) is 32.2 Å². The summed E-state index contributed by atoms with van der Waals surface area (Å²) >= 11 is 0. The number of halogens is 2. The molecule has 1 aliphatic rings. The van der Waals surface area contributed by atoms with Crippen LogP contribution in [0.4, 0.5) is 8.78 Å². The van der Waals surface area contributed by atoms with Crippen LogP contribution < -0.4 is 5.56 Å². The number of H-pyrrole nitrogens is 1. The summed E-state index contributed by atoms with van der Waals surface area (Å²) < 4.78 is 26.9. The zero-order valence-corrected chi connectivity index (χ0v) is 16.1. The molecule has 1 aliphatic heterocycles. The maximum atomic E-state index is 13.4. The molecule has 2 heterocycles. The van der Waals surface area contributed by atoms with Crippen molar-refractivity contribution in [3.63, 3.8) is 0 Å². The lowest BCUT2D eigenvalue weighted by atomic mass is 9.96. The number of rotatable bonds is 4. The standard InChI is InChI=1S/C22H20F2N4O2/c23-17-5-1-15(2-6-17)21(16-3-7-18(24)8-4-16)27-11-13-28(14-12-27)22(30)19-9-10-20(29)26-25-19/h1-10,21H,11-14H2,(H,26,29). The molecule has 0 radical (unpaired) electrons. The molecule has 1 aromatic heterocycles. The average Bonchev–Trinajstić information content (AvgIpc) is 2.77. The van der Waals surface area contributed by atoms with Gasteiger partial charge in [0.25, 0.3) is 11.5 Å². The van der Waals surface area contributed by atoms with Crippen LogP contribution in [0.5, 0.6) is 0 Å². The largest absolute Gasteiger partial charge is 0.335 e. The van der Waals surface area contributed by atoms with Gasteiger partial charge in [-0.1, -0.05) is 24.3 Å². The second kappa shape index (κ2) is 8.54. The van der Waals surface area contributed by atoms with Gasteiger partial charge in [-0.3, -0.25) is 14.5 Å². The van der Waals surface area contributed by atoms with Gasteiger partial charge in [0.2, 0.25) is 0 Å². The number of nitrogens with one attached hydrogen (secondary N) is 1. The molecule has 4 rings (SSSR count). The van der Waals surface area contributed by atoms with Gasteiger partial charge in [-0.25, -0.2) is 13.9 Å². The second-order valence-electron chi connectivity index (χ2n) is 7.14. The molecule has 3 aromatic rings. The third-order valence-corrected chi connectivity index (χ3v) is 5.24. The molecule has 1 fully saturated rings. The molecular formula is C22H20F2N4O2. The number of piperazine rings is 1. The van der Waals surface area contributed by atoms with E-state index in [9.17, 15) is 18.4 Å². The number of aromatic nitrogens is 2. The number of hydrogen-bond donors (Lipinski definition) is 1. The molecule has 2 aromatic carbocycles. The number of benzene rings is 2. The number of aromatic amines is 1. The summed E-state index contributed by atoms with van der Waals surface area (Å²) in [6, 6.07) is 15.0. The number of amides is 1. The van der Waals surface area contributed by atoms with Gasteiger partial charge in [0.1, 0.15) is 17.3 Å². The summed E-state index contributed by atoms with van der Waals surface area (Å²) in [5.41, 5.74) is 1.62. The smallest absolute Gasteiger partial charge is 0.274 e. The molecule has 1 N–H and O–H groups in total. The van der Waals surface area contributed by atoms with E-state index in [1.165, 1.54) is 36.4 Å². The third-order valence-electron chi connectivity index (χ3n) is 5.24. The quantitative estimate of drug-likeness (QED) is 0.718. The van der Waals surface area contributed by atoms with Gasteiger partial charge in [-0.2, -0.15) is 5.10 Å². The fourth-order valence-corrected chi connectivity index (χ4v) is 3.71. The molecular weight excluding hydrogens is 390 g/mol. The topological polar surface area (TPSA) is 69.3 Å². The third kappa shape index (κ3) is 4.28. The van der Waals surface area contributed by atoms with Gasteiger partial charge in [0.15, 0.2) is 0 Å². The first-order valence-electron chi connectivity index (χ1n) is 9.61. The summed E-state index contributed by atoms with van der Waals surface area (Å²) in [6.07, 6.45) is 0. The van der Waals surface area contributed by atoms with Crippen molar-refractivity contribution >= 4 is 5.91 Å². The highest BCUT2D eigenvalue weighted by molar-refractivity contribution is 5.92. The van der Waals surface area contributed by atoms with Crippen LogP contribution in [0.15, 0.2) is 65.5 Å². The molecule has 8 heteroatoms. The molecule has 0 bridgehead atoms. The van der Waals surface area contributed by atoms with Crippen molar-refractivity contribution in [2.45, 2.75) is 6.04 Å². The highest BCUT2D eigenvalue weighted by atomic mass is 19.1. The molecule has 1 saturated heterocycles. The molecule has 0 aliphatic carbocycles. The molecule has 6 nitrogen and oxygen atoms in total. The Labute approximate surface area is 171 Å². The van der Waals surface area contributed by atoms with Crippen LogP contribution in [0.25, 0.3) is 0 Å². The van der Waals surface area contributed by atoms with Gasteiger partial charge in [-0.15, -0.1) is 0 Å². The fraction of sp³-hybridized carbons (Fsp3) is 0.227. The van der Waals surface area contributed by atoms with Crippen LogP contribution in [-0.2, 0) is 0 Å². The first-order chi connectivity index (χ1) is 14.5. The van der Waals surface area contributed by atoms with Crippen LogP contribution in [0.3, 0.4) is 0 Å². The Balaban J connectivity index is 1.53. The summed E-state index contributed by atoms with van der Waals surface area (Å²) in [7, 11) is 0. The van der Waals surface area contributed by atoms with Crippen molar-refractivity contribution in [1.29, 1.82) is 0 Å². The predicted octanol–water partition coefficient (Wildman–Crippen LogP) is 2.60. The minimum atomic E-state index is -0.363. The van der Waals surface area contributed by atoms with E-state index in [-0.39, 0.29) is 34.8 Å². The lowest BCUT2D eigenvalue weighted by Crippen LogP contribution is -2.50. The first kappa shape index (κ1) is 19.9. The molecule has 0 unspecified atom stereocenters. The monoisotopic (exact) mass is 410 g/mol. The molecule has 154 valence electrons. The number of nitrogens with zero attached hydrogens (tertiary/aromatic N) is 3. The molecule has 30 heavy (non-hydrogen) atoms. The van der Waals surface area contributed by atoms with E-state index in [0.717, 1.165) is 11.1 Å². The van der Waals surface area contributed by atoms with Crippen LogP contribution in [0.1, 0.15) is 27.7 Å². The molecule has 0 atom stereocenters. The minimum Gasteiger partial charge on any atom is -0.335 e. The van der Waals surface area contributed by atoms with Crippen molar-refractivity contribution in [2.75, 3.05) is 26.2 Å². The Kier molecular flexibility index (Phi) is 5.67. The second-order valence-corrected chi connectivity index (χ2v) is 7.14. The maximum Gasteiger partial charge on any atom is 0.274 e. The van der Waals surface area contributed by atoms with Gasteiger partial charge >= 0.3 is 0 Å². The summed E-state index contributed by atoms with van der Waals surface area (Å²) in [5.74, 6) is -0.883. The van der Waals surface area contributed by atoms with Crippen LogP contribution in [0.2, 0.25) is 0 Å². The lowest BCUT2D eigenvalue weighted by Gasteiger charge is -2.39. The number of carbonyl (C=O) groups is 1. The summed E-state index contributed by atoms with van der Waals surface area (Å²) in [4.78, 5) is 27.7. The Bertz CT molecular complexity index is 1010. The average molecular weight is 410 g/mol. The van der Waals surface area contributed by atoms with E-state index in [0.29, 0.717) is 26.2 Å². The SMILES string of the molecule is O=C(c1ccc(=O)[nH]n1)N1CCN(C(c2ccc(F)cc2)c2ccc(F)cc2)CC1. The lowest BCUT2D eigenvalue weighted by molar-refractivity contribution is 0.0590. The number of hydrogen-bond acceptors (Lipinski definition) is 4. The van der Waals surface area contributed by atoms with Crippen molar-refractivity contribution in [3.8, 4) is 0 Å². The van der Waals surface area contributed by atoms with Gasteiger partial charge < -0.3 is 4.90 Å². The van der Waals surface area contributed by atoms with Crippen molar-refractivity contribution in [1.82, 2.24) is 20.0 Å². The predicted molar refractivity (Wildman–Crippen MR) is 107 cm³/mol. The molecule has 0 spiro atoms.